The molecule has 0 saturated carbocycles. The number of hydrogen-bond acceptors (Lipinski definition) is 7. The van der Waals surface area contributed by atoms with Gasteiger partial charge in [0, 0.05) is 24.1 Å². The van der Waals surface area contributed by atoms with Gasteiger partial charge in [-0.05, 0) is 31.0 Å². The van der Waals surface area contributed by atoms with E-state index in [0.717, 1.165) is 23.3 Å². The van der Waals surface area contributed by atoms with Crippen LogP contribution in [0.3, 0.4) is 0 Å². The van der Waals surface area contributed by atoms with Crippen LogP contribution in [-0.4, -0.2) is 37.0 Å². The first-order chi connectivity index (χ1) is 13.5. The van der Waals surface area contributed by atoms with Gasteiger partial charge in [0.1, 0.15) is 0 Å². The smallest absolute Gasteiger partial charge is 0.291 e. The van der Waals surface area contributed by atoms with Crippen LogP contribution in [0.4, 0.5) is 16.5 Å². The lowest BCUT2D eigenvalue weighted by atomic mass is 9.96. The molecular weight excluding hydrogens is 414 g/mol. The van der Waals surface area contributed by atoms with Crippen LogP contribution in [0.15, 0.2) is 22.5 Å². The Morgan fingerprint density at radius 1 is 1.24 bits per heavy atom. The number of hydrogen-bond donors (Lipinski definition) is 2. The fourth-order valence-corrected chi connectivity index (χ4v) is 4.66. The number of nitrogens with one attached hydrogen (secondary N) is 2. The normalized spacial score (nSPS) is 14.9. The number of rotatable bonds is 5. The third-order valence-electron chi connectivity index (χ3n) is 4.36. The second-order valence-electron chi connectivity index (χ2n) is 7.83. The summed E-state index contributed by atoms with van der Waals surface area (Å²) in [5.41, 5.74) is 1.24. The van der Waals surface area contributed by atoms with Crippen LogP contribution in [0.1, 0.15) is 39.2 Å². The molecule has 1 aromatic heterocycles. The molecule has 2 heterocycles. The first kappa shape index (κ1) is 21.2. The molecule has 0 radical (unpaired) electrons. The molecule has 0 spiro atoms. The molecule has 0 bridgehead atoms. The first-order valence-electron chi connectivity index (χ1n) is 9.06. The Balaban J connectivity index is 1.80. The quantitative estimate of drug-likeness (QED) is 0.694. The van der Waals surface area contributed by atoms with Crippen LogP contribution in [-0.2, 0) is 19.6 Å². The van der Waals surface area contributed by atoms with Crippen molar-refractivity contribution in [2.75, 3.05) is 21.5 Å². The molecule has 1 aliphatic rings. The molecule has 1 saturated heterocycles. The lowest BCUT2D eigenvalue weighted by Gasteiger charge is -2.19. The third-order valence-corrected chi connectivity index (χ3v) is 6.95. The number of aromatic nitrogens is 2. The predicted octanol–water partition coefficient (Wildman–Crippen LogP) is 2.76. The van der Waals surface area contributed by atoms with Gasteiger partial charge < -0.3 is 10.2 Å². The van der Waals surface area contributed by atoms with Gasteiger partial charge in [-0.1, -0.05) is 38.2 Å². The lowest BCUT2D eigenvalue weighted by Crippen LogP contribution is -2.27. The summed E-state index contributed by atoms with van der Waals surface area (Å²) in [4.78, 5) is 25.7. The van der Waals surface area contributed by atoms with E-state index in [-0.39, 0.29) is 21.3 Å². The predicted molar refractivity (Wildman–Crippen MR) is 112 cm³/mol. The van der Waals surface area contributed by atoms with Crippen molar-refractivity contribution in [2.24, 2.45) is 5.41 Å². The topological polar surface area (TPSA) is 121 Å². The fourth-order valence-electron chi connectivity index (χ4n) is 2.72. The van der Waals surface area contributed by atoms with Gasteiger partial charge in [-0.2, -0.15) is 8.42 Å². The summed E-state index contributed by atoms with van der Waals surface area (Å²) in [6.07, 6.45) is 1.27. The highest BCUT2D eigenvalue weighted by atomic mass is 32.2. The summed E-state index contributed by atoms with van der Waals surface area (Å²) in [6.45, 7) is 7.70. The van der Waals surface area contributed by atoms with E-state index in [2.05, 4.69) is 20.2 Å². The molecule has 11 heteroatoms. The monoisotopic (exact) mass is 437 g/mol. The number of nitrogens with zero attached hydrogens (tertiary/aromatic N) is 3. The molecular formula is C18H23N5O4S2. The summed E-state index contributed by atoms with van der Waals surface area (Å²) < 4.78 is 27.6. The molecule has 0 aliphatic carbocycles. The standard InChI is InChI=1S/C18H23N5O4S2/c1-11-7-8-12(10-13(11)23-9-5-6-14(23)24)22-29(26,27)17-21-20-16(28-17)19-15(25)18(2,3)4/h7-8,10,22H,5-6,9H2,1-4H3,(H,19,20,25). The van der Waals surface area contributed by atoms with Gasteiger partial charge in [0.05, 0.1) is 5.69 Å². The maximum Gasteiger partial charge on any atom is 0.291 e. The summed E-state index contributed by atoms with van der Waals surface area (Å²) in [5.74, 6) is -0.263. The van der Waals surface area contributed by atoms with Gasteiger partial charge in [-0.3, -0.25) is 14.3 Å². The SMILES string of the molecule is Cc1ccc(NS(=O)(=O)c2nnc(NC(=O)C(C)(C)C)s2)cc1N1CCCC1=O. The Morgan fingerprint density at radius 2 is 1.97 bits per heavy atom. The number of sulfonamides is 1. The molecule has 3 rings (SSSR count). The maximum absolute atomic E-state index is 12.7. The minimum Gasteiger partial charge on any atom is -0.312 e. The van der Waals surface area contributed by atoms with Crippen LogP contribution < -0.4 is 14.9 Å². The molecule has 2 N–H and O–H groups in total. The highest BCUT2D eigenvalue weighted by Crippen LogP contribution is 2.30. The van der Waals surface area contributed by atoms with E-state index in [1.54, 1.807) is 43.9 Å². The molecule has 1 fully saturated rings. The Kier molecular flexibility index (Phi) is 5.63. The lowest BCUT2D eigenvalue weighted by molar-refractivity contribution is -0.123. The van der Waals surface area contributed by atoms with Crippen LogP contribution in [0.25, 0.3) is 0 Å². The van der Waals surface area contributed by atoms with E-state index >= 15 is 0 Å². The van der Waals surface area contributed by atoms with E-state index in [9.17, 15) is 18.0 Å². The second-order valence-corrected chi connectivity index (χ2v) is 10.7. The van der Waals surface area contributed by atoms with E-state index in [1.807, 2.05) is 6.92 Å². The zero-order valence-corrected chi connectivity index (χ0v) is 18.3. The Morgan fingerprint density at radius 3 is 2.59 bits per heavy atom. The van der Waals surface area contributed by atoms with Gasteiger partial charge >= 0.3 is 0 Å². The average Bonchev–Trinajstić information content (AvgIpc) is 3.25. The zero-order chi connectivity index (χ0) is 21.4. The van der Waals surface area contributed by atoms with Crippen LogP contribution in [0.5, 0.6) is 0 Å². The van der Waals surface area contributed by atoms with E-state index in [4.69, 9.17) is 0 Å². The number of carbonyl (C=O) groups is 2. The molecule has 9 nitrogen and oxygen atoms in total. The van der Waals surface area contributed by atoms with E-state index in [0.29, 0.717) is 24.3 Å². The molecule has 1 aliphatic heterocycles. The summed E-state index contributed by atoms with van der Waals surface area (Å²) in [6, 6.07) is 5.02. The molecule has 1 aromatic carbocycles. The van der Waals surface area contributed by atoms with E-state index in [1.165, 1.54) is 0 Å². The number of amides is 2. The van der Waals surface area contributed by atoms with Crippen molar-refractivity contribution in [2.45, 2.75) is 44.9 Å². The van der Waals surface area contributed by atoms with Crippen molar-refractivity contribution < 1.29 is 18.0 Å². The summed E-state index contributed by atoms with van der Waals surface area (Å²) in [5, 5.41) is 10.1. The van der Waals surface area contributed by atoms with Crippen molar-refractivity contribution in [3.63, 3.8) is 0 Å². The number of benzene rings is 1. The minimum atomic E-state index is -3.99. The molecule has 156 valence electrons. The largest absolute Gasteiger partial charge is 0.312 e. The molecule has 2 amide bonds. The Hall–Kier alpha value is -2.53. The van der Waals surface area contributed by atoms with Crippen molar-refractivity contribution in [1.29, 1.82) is 0 Å². The van der Waals surface area contributed by atoms with Gasteiger partial charge in [0.25, 0.3) is 14.4 Å². The second kappa shape index (κ2) is 7.71. The van der Waals surface area contributed by atoms with Gasteiger partial charge in [-0.15, -0.1) is 10.2 Å². The average molecular weight is 438 g/mol. The molecule has 0 unspecified atom stereocenters. The maximum atomic E-state index is 12.7. The Bertz CT molecular complexity index is 1060. The van der Waals surface area contributed by atoms with Crippen molar-refractivity contribution in [3.05, 3.63) is 23.8 Å². The van der Waals surface area contributed by atoms with E-state index < -0.39 is 15.4 Å². The molecule has 2 aromatic rings. The first-order valence-corrected chi connectivity index (χ1v) is 11.4. The van der Waals surface area contributed by atoms with Crippen LogP contribution >= 0.6 is 11.3 Å². The highest BCUT2D eigenvalue weighted by molar-refractivity contribution is 7.94. The summed E-state index contributed by atoms with van der Waals surface area (Å²) in [7, 11) is -3.99. The molecule has 29 heavy (non-hydrogen) atoms. The van der Waals surface area contributed by atoms with Crippen molar-refractivity contribution in [1.82, 2.24) is 10.2 Å². The number of anilines is 3. The van der Waals surface area contributed by atoms with Gasteiger partial charge in [0.15, 0.2) is 0 Å². The summed E-state index contributed by atoms with van der Waals surface area (Å²) >= 11 is 0.767. The van der Waals surface area contributed by atoms with Crippen molar-refractivity contribution in [3.8, 4) is 0 Å². The van der Waals surface area contributed by atoms with Crippen LogP contribution in [0.2, 0.25) is 0 Å². The highest BCUT2D eigenvalue weighted by Gasteiger charge is 2.26. The molecule has 0 atom stereocenters. The van der Waals surface area contributed by atoms with Gasteiger partial charge in [0.2, 0.25) is 16.9 Å². The fraction of sp³-hybridized carbons (Fsp3) is 0.444. The van der Waals surface area contributed by atoms with Crippen molar-refractivity contribution >= 4 is 49.7 Å². The minimum absolute atomic E-state index is 0.0245. The van der Waals surface area contributed by atoms with Crippen LogP contribution in [0, 0.1) is 12.3 Å². The Labute approximate surface area is 173 Å². The number of aryl methyl sites for hydroxylation is 1. The number of carbonyl (C=O) groups excluding carboxylic acids is 2. The zero-order valence-electron chi connectivity index (χ0n) is 16.6. The van der Waals surface area contributed by atoms with Gasteiger partial charge in [-0.25, -0.2) is 0 Å². The third kappa shape index (κ3) is 4.73.